The van der Waals surface area contributed by atoms with Crippen molar-refractivity contribution < 1.29 is 9.53 Å². The third-order valence-corrected chi connectivity index (χ3v) is 5.35. The molecule has 2 aromatic rings. The van der Waals surface area contributed by atoms with Gasteiger partial charge in [0.1, 0.15) is 16.8 Å². The minimum Gasteiger partial charge on any atom is -0.497 e. The van der Waals surface area contributed by atoms with Crippen LogP contribution in [0.25, 0.3) is 0 Å². The zero-order chi connectivity index (χ0) is 16.2. The number of ketones is 1. The van der Waals surface area contributed by atoms with E-state index in [1.54, 1.807) is 42.7 Å². The molecular weight excluding hydrogens is 308 g/mol. The first kappa shape index (κ1) is 15.6. The molecule has 1 aliphatic carbocycles. The highest BCUT2D eigenvalue weighted by molar-refractivity contribution is 7.16. The van der Waals surface area contributed by atoms with Gasteiger partial charge in [0, 0.05) is 10.4 Å². The number of methoxy groups -OCH3 is 1. The molecule has 4 nitrogen and oxygen atoms in total. The number of rotatable bonds is 5. The molecule has 0 atom stereocenters. The summed E-state index contributed by atoms with van der Waals surface area (Å²) in [6.45, 7) is 0.195. The van der Waals surface area contributed by atoms with E-state index in [4.69, 9.17) is 4.74 Å². The van der Waals surface area contributed by atoms with Crippen molar-refractivity contribution in [3.8, 4) is 11.8 Å². The Morgan fingerprint density at radius 2 is 2.04 bits per heavy atom. The van der Waals surface area contributed by atoms with Crippen LogP contribution in [0.5, 0.6) is 5.75 Å². The van der Waals surface area contributed by atoms with Gasteiger partial charge in [-0.25, -0.2) is 0 Å². The van der Waals surface area contributed by atoms with Crippen molar-refractivity contribution in [2.24, 2.45) is 0 Å². The van der Waals surface area contributed by atoms with E-state index in [1.165, 1.54) is 16.9 Å². The Kier molecular flexibility index (Phi) is 4.63. The van der Waals surface area contributed by atoms with Crippen molar-refractivity contribution in [1.82, 2.24) is 0 Å². The number of carbonyl (C=O) groups is 1. The largest absolute Gasteiger partial charge is 0.497 e. The molecule has 1 N–H and O–H groups in total. The lowest BCUT2D eigenvalue weighted by atomic mass is 9.96. The van der Waals surface area contributed by atoms with Crippen LogP contribution in [0, 0.1) is 11.3 Å². The van der Waals surface area contributed by atoms with Crippen LogP contribution in [0.15, 0.2) is 24.3 Å². The second-order valence-corrected chi connectivity index (χ2v) is 6.64. The molecule has 1 heterocycles. The highest BCUT2D eigenvalue weighted by Gasteiger charge is 2.21. The summed E-state index contributed by atoms with van der Waals surface area (Å²) < 4.78 is 5.09. The van der Waals surface area contributed by atoms with Crippen LogP contribution in [-0.4, -0.2) is 19.4 Å². The highest BCUT2D eigenvalue weighted by atomic mass is 32.1. The summed E-state index contributed by atoms with van der Waals surface area (Å²) in [5.41, 5.74) is 2.55. The van der Waals surface area contributed by atoms with Crippen molar-refractivity contribution in [3.05, 3.63) is 45.8 Å². The molecular formula is C18H18N2O2S. The van der Waals surface area contributed by atoms with Crippen molar-refractivity contribution in [2.45, 2.75) is 25.7 Å². The Morgan fingerprint density at radius 1 is 1.30 bits per heavy atom. The number of ether oxygens (including phenoxy) is 1. The number of nitriles is 1. The lowest BCUT2D eigenvalue weighted by molar-refractivity contribution is 0.101. The third-order valence-electron chi connectivity index (χ3n) is 4.10. The van der Waals surface area contributed by atoms with Gasteiger partial charge in [-0.05, 0) is 55.5 Å². The molecule has 0 unspecified atom stereocenters. The minimum atomic E-state index is 0.00270. The van der Waals surface area contributed by atoms with Crippen LogP contribution in [-0.2, 0) is 12.8 Å². The molecule has 0 fully saturated rings. The van der Waals surface area contributed by atoms with Crippen LogP contribution >= 0.6 is 11.3 Å². The molecule has 1 aromatic heterocycles. The number of thiophene rings is 1. The average Bonchev–Trinajstić information content (AvgIpc) is 2.97. The molecule has 0 amide bonds. The summed E-state index contributed by atoms with van der Waals surface area (Å²) >= 11 is 1.62. The van der Waals surface area contributed by atoms with Gasteiger partial charge in [0.25, 0.3) is 0 Å². The van der Waals surface area contributed by atoms with E-state index < -0.39 is 0 Å². The van der Waals surface area contributed by atoms with Crippen LogP contribution in [0.1, 0.15) is 39.2 Å². The van der Waals surface area contributed by atoms with Gasteiger partial charge in [-0.3, -0.25) is 4.79 Å². The van der Waals surface area contributed by atoms with Gasteiger partial charge in [0.05, 0.1) is 19.2 Å². The standard InChI is InChI=1S/C18H18N2O2S/c1-22-13-8-6-12(7-9-13)16(21)11-20-18-15(10-19)14-4-2-3-5-17(14)23-18/h6-9,20H,2-5,11H2,1H3. The molecule has 0 bridgehead atoms. The molecule has 23 heavy (non-hydrogen) atoms. The predicted octanol–water partition coefficient (Wildman–Crippen LogP) is 3.80. The molecule has 0 spiro atoms. The summed E-state index contributed by atoms with van der Waals surface area (Å²) in [4.78, 5) is 13.6. The van der Waals surface area contributed by atoms with Gasteiger partial charge in [0.2, 0.25) is 0 Å². The van der Waals surface area contributed by atoms with Crippen LogP contribution in [0.3, 0.4) is 0 Å². The Balaban J connectivity index is 1.71. The first-order valence-electron chi connectivity index (χ1n) is 7.68. The van der Waals surface area contributed by atoms with E-state index in [9.17, 15) is 10.1 Å². The summed E-state index contributed by atoms with van der Waals surface area (Å²) in [7, 11) is 1.60. The zero-order valence-corrected chi connectivity index (χ0v) is 13.8. The van der Waals surface area contributed by atoms with Gasteiger partial charge >= 0.3 is 0 Å². The van der Waals surface area contributed by atoms with Crippen LogP contribution in [0.2, 0.25) is 0 Å². The zero-order valence-electron chi connectivity index (χ0n) is 13.0. The molecule has 0 radical (unpaired) electrons. The van der Waals surface area contributed by atoms with E-state index in [-0.39, 0.29) is 12.3 Å². The molecule has 3 rings (SSSR count). The maximum absolute atomic E-state index is 12.3. The maximum atomic E-state index is 12.3. The fraction of sp³-hybridized carbons (Fsp3) is 0.333. The fourth-order valence-corrected chi connectivity index (χ4v) is 4.08. The predicted molar refractivity (Wildman–Crippen MR) is 91.5 cm³/mol. The SMILES string of the molecule is COc1ccc(C(=O)CNc2sc3c(c2C#N)CCCC3)cc1. The molecule has 118 valence electrons. The Hall–Kier alpha value is -2.32. The van der Waals surface area contributed by atoms with Crippen LogP contribution < -0.4 is 10.1 Å². The van der Waals surface area contributed by atoms with Gasteiger partial charge in [-0.1, -0.05) is 0 Å². The normalized spacial score (nSPS) is 13.0. The fourth-order valence-electron chi connectivity index (χ4n) is 2.85. The molecule has 0 aliphatic heterocycles. The lowest BCUT2D eigenvalue weighted by Gasteiger charge is -2.09. The smallest absolute Gasteiger partial charge is 0.181 e. The van der Waals surface area contributed by atoms with E-state index in [2.05, 4.69) is 11.4 Å². The number of Topliss-reactive ketones (excluding diaryl/α,β-unsaturated/α-hetero) is 1. The van der Waals surface area contributed by atoms with Gasteiger partial charge in [-0.15, -0.1) is 11.3 Å². The summed E-state index contributed by atoms with van der Waals surface area (Å²) in [5.74, 6) is 0.732. The molecule has 1 aromatic carbocycles. The number of carbonyl (C=O) groups excluding carboxylic acids is 1. The quantitative estimate of drug-likeness (QED) is 0.849. The second kappa shape index (κ2) is 6.84. The molecule has 1 aliphatic rings. The highest BCUT2D eigenvalue weighted by Crippen LogP contribution is 2.37. The topological polar surface area (TPSA) is 62.1 Å². The van der Waals surface area contributed by atoms with Gasteiger partial charge in [-0.2, -0.15) is 5.26 Å². The number of aryl methyl sites for hydroxylation is 1. The third kappa shape index (κ3) is 3.22. The first-order chi connectivity index (χ1) is 11.2. The summed E-state index contributed by atoms with van der Waals surface area (Å²) in [6.07, 6.45) is 4.34. The van der Waals surface area contributed by atoms with E-state index in [1.807, 2.05) is 0 Å². The maximum Gasteiger partial charge on any atom is 0.181 e. The number of anilines is 1. The summed E-state index contributed by atoms with van der Waals surface area (Å²) in [5, 5.41) is 13.4. The Bertz CT molecular complexity index is 757. The van der Waals surface area contributed by atoms with E-state index in [0.29, 0.717) is 5.56 Å². The summed E-state index contributed by atoms with van der Waals surface area (Å²) in [6, 6.07) is 9.37. The molecule has 5 heteroatoms. The average molecular weight is 326 g/mol. The number of nitrogens with zero attached hydrogens (tertiary/aromatic N) is 1. The number of hydrogen-bond donors (Lipinski definition) is 1. The minimum absolute atomic E-state index is 0.00270. The number of hydrogen-bond acceptors (Lipinski definition) is 5. The number of nitrogens with one attached hydrogen (secondary N) is 1. The Morgan fingerprint density at radius 3 is 2.74 bits per heavy atom. The van der Waals surface area contributed by atoms with Gasteiger partial charge < -0.3 is 10.1 Å². The van der Waals surface area contributed by atoms with Gasteiger partial charge in [0.15, 0.2) is 5.78 Å². The van der Waals surface area contributed by atoms with Crippen molar-refractivity contribution in [1.29, 1.82) is 5.26 Å². The number of fused-ring (bicyclic) bond motifs is 1. The van der Waals surface area contributed by atoms with E-state index in [0.717, 1.165) is 35.6 Å². The molecule has 0 saturated heterocycles. The van der Waals surface area contributed by atoms with Crippen LogP contribution in [0.4, 0.5) is 5.00 Å². The Labute approximate surface area is 139 Å². The monoisotopic (exact) mass is 326 g/mol. The molecule has 0 saturated carbocycles. The second-order valence-electron chi connectivity index (χ2n) is 5.53. The lowest BCUT2D eigenvalue weighted by Crippen LogP contribution is -2.13. The number of benzene rings is 1. The van der Waals surface area contributed by atoms with Crippen molar-refractivity contribution in [2.75, 3.05) is 19.0 Å². The first-order valence-corrected chi connectivity index (χ1v) is 8.50. The van der Waals surface area contributed by atoms with E-state index >= 15 is 0 Å². The van der Waals surface area contributed by atoms with Crippen molar-refractivity contribution >= 4 is 22.1 Å². The van der Waals surface area contributed by atoms with Crippen molar-refractivity contribution in [3.63, 3.8) is 0 Å².